The Kier molecular flexibility index (Phi) is 5.46. The SMILES string of the molecule is COc1cc(CNc2ncnc3c2CN(c2ccc(C)cn2)CC3)cc(OC)c1. The number of nitrogens with one attached hydrogen (secondary N) is 1. The summed E-state index contributed by atoms with van der Waals surface area (Å²) in [5, 5.41) is 3.46. The lowest BCUT2D eigenvalue weighted by molar-refractivity contribution is 0.393. The Bertz CT molecular complexity index is 969. The minimum Gasteiger partial charge on any atom is -0.497 e. The van der Waals surface area contributed by atoms with Crippen molar-refractivity contribution >= 4 is 11.6 Å². The first-order chi connectivity index (χ1) is 14.2. The third-order valence-electron chi connectivity index (χ3n) is 5.09. The molecule has 1 aliphatic rings. The van der Waals surface area contributed by atoms with Crippen molar-refractivity contribution in [1.29, 1.82) is 0 Å². The molecule has 0 radical (unpaired) electrons. The largest absolute Gasteiger partial charge is 0.497 e. The maximum Gasteiger partial charge on any atom is 0.134 e. The summed E-state index contributed by atoms with van der Waals surface area (Å²) in [5.74, 6) is 3.37. The predicted molar refractivity (Wildman–Crippen MR) is 113 cm³/mol. The van der Waals surface area contributed by atoms with Gasteiger partial charge < -0.3 is 19.7 Å². The van der Waals surface area contributed by atoms with Crippen LogP contribution in [0, 0.1) is 6.92 Å². The summed E-state index contributed by atoms with van der Waals surface area (Å²) >= 11 is 0. The molecule has 0 spiro atoms. The van der Waals surface area contributed by atoms with E-state index in [-0.39, 0.29) is 0 Å². The molecule has 1 N–H and O–H groups in total. The van der Waals surface area contributed by atoms with Gasteiger partial charge in [0.15, 0.2) is 0 Å². The van der Waals surface area contributed by atoms with E-state index in [9.17, 15) is 0 Å². The maximum absolute atomic E-state index is 5.36. The maximum atomic E-state index is 5.36. The lowest BCUT2D eigenvalue weighted by atomic mass is 10.1. The van der Waals surface area contributed by atoms with Gasteiger partial charge in [-0.3, -0.25) is 0 Å². The lowest BCUT2D eigenvalue weighted by Crippen LogP contribution is -2.32. The van der Waals surface area contributed by atoms with Gasteiger partial charge in [0.05, 0.1) is 19.9 Å². The van der Waals surface area contributed by atoms with Crippen LogP contribution in [0.1, 0.15) is 22.4 Å². The number of ether oxygens (including phenoxy) is 2. The van der Waals surface area contributed by atoms with E-state index < -0.39 is 0 Å². The molecular formula is C22H25N5O2. The Morgan fingerprint density at radius 3 is 2.52 bits per heavy atom. The minimum absolute atomic E-state index is 0.611. The molecule has 0 unspecified atom stereocenters. The highest BCUT2D eigenvalue weighted by Crippen LogP contribution is 2.27. The predicted octanol–water partition coefficient (Wildman–Crippen LogP) is 3.37. The first kappa shape index (κ1) is 19.0. The number of aromatic nitrogens is 3. The van der Waals surface area contributed by atoms with Gasteiger partial charge >= 0.3 is 0 Å². The van der Waals surface area contributed by atoms with Crippen molar-refractivity contribution < 1.29 is 9.47 Å². The second kappa shape index (κ2) is 8.34. The van der Waals surface area contributed by atoms with Gasteiger partial charge in [0.1, 0.15) is 29.5 Å². The normalized spacial score (nSPS) is 13.0. The van der Waals surface area contributed by atoms with Gasteiger partial charge in [0, 0.05) is 43.9 Å². The monoisotopic (exact) mass is 391 g/mol. The molecule has 4 rings (SSSR count). The fraction of sp³-hybridized carbons (Fsp3) is 0.318. The third-order valence-corrected chi connectivity index (χ3v) is 5.09. The first-order valence-corrected chi connectivity index (χ1v) is 9.62. The van der Waals surface area contributed by atoms with Gasteiger partial charge in [-0.05, 0) is 36.2 Å². The van der Waals surface area contributed by atoms with Crippen LogP contribution in [0.2, 0.25) is 0 Å². The summed E-state index contributed by atoms with van der Waals surface area (Å²) in [5.41, 5.74) is 4.43. The van der Waals surface area contributed by atoms with E-state index in [4.69, 9.17) is 9.47 Å². The van der Waals surface area contributed by atoms with Crippen LogP contribution in [-0.4, -0.2) is 35.7 Å². The lowest BCUT2D eigenvalue weighted by Gasteiger charge is -2.30. The Morgan fingerprint density at radius 1 is 1.03 bits per heavy atom. The first-order valence-electron chi connectivity index (χ1n) is 9.62. The molecule has 0 atom stereocenters. The van der Waals surface area contributed by atoms with Gasteiger partial charge in [-0.1, -0.05) is 6.07 Å². The molecule has 150 valence electrons. The molecule has 1 aromatic carbocycles. The fourth-order valence-electron chi connectivity index (χ4n) is 3.49. The van der Waals surface area contributed by atoms with Crippen molar-refractivity contribution in [3.8, 4) is 11.5 Å². The van der Waals surface area contributed by atoms with Crippen LogP contribution in [0.25, 0.3) is 0 Å². The Morgan fingerprint density at radius 2 is 1.83 bits per heavy atom. The van der Waals surface area contributed by atoms with Gasteiger partial charge in [0.25, 0.3) is 0 Å². The highest BCUT2D eigenvalue weighted by atomic mass is 16.5. The van der Waals surface area contributed by atoms with Gasteiger partial charge in [0.2, 0.25) is 0 Å². The Hall–Kier alpha value is -3.35. The summed E-state index contributed by atoms with van der Waals surface area (Å²) in [6, 6.07) is 10.0. The summed E-state index contributed by atoms with van der Waals surface area (Å²) < 4.78 is 10.7. The van der Waals surface area contributed by atoms with Crippen molar-refractivity contribution in [3.05, 3.63) is 65.2 Å². The number of rotatable bonds is 6. The summed E-state index contributed by atoms with van der Waals surface area (Å²) in [7, 11) is 3.31. The molecule has 0 aliphatic carbocycles. The van der Waals surface area contributed by atoms with E-state index in [1.807, 2.05) is 31.3 Å². The summed E-state index contributed by atoms with van der Waals surface area (Å²) in [4.78, 5) is 15.8. The van der Waals surface area contributed by atoms with E-state index in [2.05, 4.69) is 37.3 Å². The summed E-state index contributed by atoms with van der Waals surface area (Å²) in [6.45, 7) is 4.29. The molecule has 2 aromatic heterocycles. The Balaban J connectivity index is 1.54. The number of pyridine rings is 1. The number of fused-ring (bicyclic) bond motifs is 1. The standard InChI is InChI=1S/C22H25N5O2/c1-15-4-5-21(23-11-15)27-7-6-20-19(13-27)22(26-14-25-20)24-12-16-8-17(28-2)10-18(9-16)29-3/h4-5,8-11,14H,6-7,12-13H2,1-3H3,(H,24,25,26). The number of methoxy groups -OCH3 is 2. The fourth-order valence-corrected chi connectivity index (χ4v) is 3.49. The van der Waals surface area contributed by atoms with Crippen molar-refractivity contribution in [2.75, 3.05) is 31.0 Å². The molecule has 29 heavy (non-hydrogen) atoms. The average Bonchev–Trinajstić information content (AvgIpc) is 2.77. The molecule has 0 saturated carbocycles. The second-order valence-electron chi connectivity index (χ2n) is 7.09. The quantitative estimate of drug-likeness (QED) is 0.691. The smallest absolute Gasteiger partial charge is 0.134 e. The van der Waals surface area contributed by atoms with Crippen molar-refractivity contribution in [2.45, 2.75) is 26.4 Å². The minimum atomic E-state index is 0.611. The molecule has 3 heterocycles. The topological polar surface area (TPSA) is 72.4 Å². The van der Waals surface area contributed by atoms with Crippen LogP contribution in [0.5, 0.6) is 11.5 Å². The Labute approximate surface area is 170 Å². The molecule has 0 amide bonds. The van der Waals surface area contributed by atoms with E-state index in [0.717, 1.165) is 65.0 Å². The van der Waals surface area contributed by atoms with Crippen LogP contribution >= 0.6 is 0 Å². The van der Waals surface area contributed by atoms with Gasteiger partial charge in [-0.15, -0.1) is 0 Å². The van der Waals surface area contributed by atoms with Crippen LogP contribution in [-0.2, 0) is 19.5 Å². The number of aryl methyl sites for hydroxylation is 1. The molecule has 0 saturated heterocycles. The van der Waals surface area contributed by atoms with Gasteiger partial charge in [-0.2, -0.15) is 0 Å². The number of hydrogen-bond donors (Lipinski definition) is 1. The number of hydrogen-bond acceptors (Lipinski definition) is 7. The highest BCUT2D eigenvalue weighted by Gasteiger charge is 2.22. The zero-order chi connectivity index (χ0) is 20.2. The van der Waals surface area contributed by atoms with Crippen molar-refractivity contribution in [1.82, 2.24) is 15.0 Å². The number of benzene rings is 1. The second-order valence-corrected chi connectivity index (χ2v) is 7.09. The zero-order valence-corrected chi connectivity index (χ0v) is 17.0. The average molecular weight is 391 g/mol. The van der Waals surface area contributed by atoms with Crippen molar-refractivity contribution in [2.24, 2.45) is 0 Å². The molecular weight excluding hydrogens is 366 g/mol. The molecule has 0 bridgehead atoms. The number of anilines is 2. The van der Waals surface area contributed by atoms with Crippen LogP contribution in [0.4, 0.5) is 11.6 Å². The van der Waals surface area contributed by atoms with Crippen LogP contribution in [0.3, 0.4) is 0 Å². The van der Waals surface area contributed by atoms with E-state index >= 15 is 0 Å². The molecule has 3 aromatic rings. The molecule has 7 heteroatoms. The van der Waals surface area contributed by atoms with Gasteiger partial charge in [-0.25, -0.2) is 15.0 Å². The molecule has 7 nitrogen and oxygen atoms in total. The van der Waals surface area contributed by atoms with E-state index in [1.165, 1.54) is 0 Å². The molecule has 0 fully saturated rings. The highest BCUT2D eigenvalue weighted by molar-refractivity contribution is 5.52. The summed E-state index contributed by atoms with van der Waals surface area (Å²) in [6.07, 6.45) is 4.41. The van der Waals surface area contributed by atoms with Crippen molar-refractivity contribution in [3.63, 3.8) is 0 Å². The van der Waals surface area contributed by atoms with E-state index in [0.29, 0.717) is 6.54 Å². The van der Waals surface area contributed by atoms with Crippen LogP contribution in [0.15, 0.2) is 42.9 Å². The third kappa shape index (κ3) is 4.23. The zero-order valence-electron chi connectivity index (χ0n) is 17.0. The van der Waals surface area contributed by atoms with Crippen LogP contribution < -0.4 is 19.7 Å². The number of nitrogens with zero attached hydrogens (tertiary/aromatic N) is 4. The molecule has 1 aliphatic heterocycles. The van der Waals surface area contributed by atoms with E-state index in [1.54, 1.807) is 20.5 Å².